The zero-order valence-corrected chi connectivity index (χ0v) is 30.0. The van der Waals surface area contributed by atoms with Gasteiger partial charge in [-0.2, -0.15) is 0 Å². The van der Waals surface area contributed by atoms with Gasteiger partial charge in [0, 0.05) is 12.8 Å². The first kappa shape index (κ1) is 42.9. The van der Waals surface area contributed by atoms with E-state index in [4.69, 9.17) is 9.84 Å². The summed E-state index contributed by atoms with van der Waals surface area (Å²) in [6, 6.07) is 0. The first-order chi connectivity index (χ1) is 21.6. The van der Waals surface area contributed by atoms with Gasteiger partial charge < -0.3 is 9.84 Å². The molecule has 0 radical (unpaired) electrons. The molecule has 1 atom stereocenters. The molecule has 44 heavy (non-hydrogen) atoms. The number of hydrogen-bond donors (Lipinski definition) is 1. The molecule has 0 aliphatic heterocycles. The van der Waals surface area contributed by atoms with Crippen molar-refractivity contribution in [2.75, 3.05) is 0 Å². The average Bonchev–Trinajstić information content (AvgIpc) is 3.00. The van der Waals surface area contributed by atoms with Crippen LogP contribution in [0.1, 0.15) is 239 Å². The largest absolute Gasteiger partial charge is 0.481 e. The molecule has 262 valence electrons. The minimum atomic E-state index is -0.672. The van der Waals surface area contributed by atoms with E-state index in [1.54, 1.807) is 0 Å². The maximum atomic E-state index is 12.2. The molecule has 0 saturated heterocycles. The van der Waals surface area contributed by atoms with Crippen molar-refractivity contribution in [3.63, 3.8) is 0 Å². The first-order valence-electron chi connectivity index (χ1n) is 20.0. The van der Waals surface area contributed by atoms with Gasteiger partial charge >= 0.3 is 11.9 Å². The summed E-state index contributed by atoms with van der Waals surface area (Å²) in [6.07, 6.45) is 44.1. The van der Waals surface area contributed by atoms with Crippen molar-refractivity contribution in [3.05, 3.63) is 0 Å². The molecular formula is C40H78O4. The van der Waals surface area contributed by atoms with Crippen LogP contribution in [0.2, 0.25) is 0 Å². The van der Waals surface area contributed by atoms with Crippen molar-refractivity contribution in [1.29, 1.82) is 0 Å². The zero-order valence-electron chi connectivity index (χ0n) is 30.0. The summed E-state index contributed by atoms with van der Waals surface area (Å²) < 4.78 is 5.64. The van der Waals surface area contributed by atoms with Crippen molar-refractivity contribution < 1.29 is 19.4 Å². The molecular weight excluding hydrogens is 544 g/mol. The van der Waals surface area contributed by atoms with E-state index in [0.29, 0.717) is 12.8 Å². The Bertz CT molecular complexity index is 590. The van der Waals surface area contributed by atoms with Crippen LogP contribution in [0, 0.1) is 0 Å². The van der Waals surface area contributed by atoms with E-state index < -0.39 is 5.97 Å². The summed E-state index contributed by atoms with van der Waals surface area (Å²) in [4.78, 5) is 22.6. The van der Waals surface area contributed by atoms with Gasteiger partial charge in [-0.25, -0.2) is 0 Å². The van der Waals surface area contributed by atoms with Crippen LogP contribution in [0.25, 0.3) is 0 Å². The highest BCUT2D eigenvalue weighted by molar-refractivity contribution is 5.69. The Kier molecular flexibility index (Phi) is 35.5. The van der Waals surface area contributed by atoms with Gasteiger partial charge in [0.2, 0.25) is 0 Å². The normalized spacial score (nSPS) is 12.0. The molecule has 0 aromatic carbocycles. The molecule has 1 unspecified atom stereocenters. The van der Waals surface area contributed by atoms with E-state index >= 15 is 0 Å². The number of esters is 1. The Labute approximate surface area is 275 Å². The number of carboxylic acids is 1. The highest BCUT2D eigenvalue weighted by Crippen LogP contribution is 2.17. The third kappa shape index (κ3) is 37.1. The van der Waals surface area contributed by atoms with E-state index in [1.165, 1.54) is 173 Å². The van der Waals surface area contributed by atoms with E-state index in [9.17, 15) is 9.59 Å². The molecule has 4 nitrogen and oxygen atoms in total. The number of ether oxygens (including phenoxy) is 1. The number of unbranched alkanes of at least 4 members (excludes halogenated alkanes) is 30. The quantitative estimate of drug-likeness (QED) is 0.0553. The fourth-order valence-corrected chi connectivity index (χ4v) is 6.34. The van der Waals surface area contributed by atoms with Gasteiger partial charge in [0.1, 0.15) is 0 Å². The lowest BCUT2D eigenvalue weighted by atomic mass is 10.0. The van der Waals surface area contributed by atoms with Crippen LogP contribution in [0.5, 0.6) is 0 Å². The summed E-state index contributed by atoms with van der Waals surface area (Å²) in [7, 11) is 0. The number of aliphatic carboxylic acids is 1. The van der Waals surface area contributed by atoms with E-state index in [0.717, 1.165) is 38.5 Å². The second kappa shape index (κ2) is 36.4. The third-order valence-corrected chi connectivity index (χ3v) is 9.32. The van der Waals surface area contributed by atoms with Gasteiger partial charge in [-0.3, -0.25) is 9.59 Å². The predicted octanol–water partition coefficient (Wildman–Crippen LogP) is 13.7. The lowest BCUT2D eigenvalue weighted by Crippen LogP contribution is -2.14. The smallest absolute Gasteiger partial charge is 0.306 e. The maximum absolute atomic E-state index is 12.2. The fourth-order valence-electron chi connectivity index (χ4n) is 6.34. The SMILES string of the molecule is CCCCCCCCCCCCCCCCCCCCCCCC(=O)OC(C)CCCCCCCCCCCCCC(=O)O. The van der Waals surface area contributed by atoms with Crippen molar-refractivity contribution >= 4 is 11.9 Å². The minimum absolute atomic E-state index is 0.00161. The van der Waals surface area contributed by atoms with Gasteiger partial charge in [-0.15, -0.1) is 0 Å². The van der Waals surface area contributed by atoms with Crippen molar-refractivity contribution in [3.8, 4) is 0 Å². The standard InChI is InChI=1S/C40H78O4/c1-3-4-5-6-7-8-9-10-11-12-13-14-15-16-17-18-22-25-28-31-34-37-40(43)44-38(2)35-32-29-26-23-20-19-21-24-27-30-33-36-39(41)42/h38H,3-37H2,1-2H3,(H,41,42). The van der Waals surface area contributed by atoms with Crippen LogP contribution in [0.3, 0.4) is 0 Å². The Morgan fingerprint density at radius 3 is 1.02 bits per heavy atom. The molecule has 0 heterocycles. The number of carboxylic acid groups (broad SMARTS) is 1. The summed E-state index contributed by atoms with van der Waals surface area (Å²) >= 11 is 0. The number of rotatable bonds is 37. The van der Waals surface area contributed by atoms with E-state index in [2.05, 4.69) is 6.92 Å². The highest BCUT2D eigenvalue weighted by atomic mass is 16.5. The predicted molar refractivity (Wildman–Crippen MR) is 190 cm³/mol. The summed E-state index contributed by atoms with van der Waals surface area (Å²) in [5, 5.41) is 8.64. The minimum Gasteiger partial charge on any atom is -0.481 e. The van der Waals surface area contributed by atoms with Gasteiger partial charge in [-0.05, 0) is 32.6 Å². The monoisotopic (exact) mass is 623 g/mol. The molecule has 0 aromatic rings. The average molecular weight is 623 g/mol. The molecule has 4 heteroatoms. The number of carbonyl (C=O) groups excluding carboxylic acids is 1. The summed E-state index contributed by atoms with van der Waals surface area (Å²) in [5.41, 5.74) is 0. The van der Waals surface area contributed by atoms with Gasteiger partial charge in [-0.1, -0.05) is 193 Å². The van der Waals surface area contributed by atoms with Crippen LogP contribution in [0.15, 0.2) is 0 Å². The van der Waals surface area contributed by atoms with Crippen LogP contribution in [-0.2, 0) is 14.3 Å². The molecule has 0 aliphatic carbocycles. The molecule has 0 aromatic heterocycles. The Hall–Kier alpha value is -1.06. The maximum Gasteiger partial charge on any atom is 0.306 e. The fraction of sp³-hybridized carbons (Fsp3) is 0.950. The lowest BCUT2D eigenvalue weighted by molar-refractivity contribution is -0.148. The first-order valence-corrected chi connectivity index (χ1v) is 20.0. The van der Waals surface area contributed by atoms with Gasteiger partial charge in [0.15, 0.2) is 0 Å². The Morgan fingerprint density at radius 2 is 0.705 bits per heavy atom. The molecule has 0 spiro atoms. The van der Waals surface area contributed by atoms with Crippen LogP contribution in [0.4, 0.5) is 0 Å². The van der Waals surface area contributed by atoms with Gasteiger partial charge in [0.25, 0.3) is 0 Å². The summed E-state index contributed by atoms with van der Waals surface area (Å²) in [6.45, 7) is 4.34. The van der Waals surface area contributed by atoms with Crippen molar-refractivity contribution in [2.24, 2.45) is 0 Å². The molecule has 0 amide bonds. The third-order valence-electron chi connectivity index (χ3n) is 9.32. The van der Waals surface area contributed by atoms with Gasteiger partial charge in [0.05, 0.1) is 6.10 Å². The molecule has 1 N–H and O–H groups in total. The van der Waals surface area contributed by atoms with E-state index in [-0.39, 0.29) is 12.1 Å². The lowest BCUT2D eigenvalue weighted by Gasteiger charge is -2.13. The molecule has 0 fully saturated rings. The second-order valence-corrected chi connectivity index (χ2v) is 13.9. The Balaban J connectivity index is 3.26. The van der Waals surface area contributed by atoms with Crippen LogP contribution in [-0.4, -0.2) is 23.1 Å². The molecule has 0 bridgehead atoms. The molecule has 0 rings (SSSR count). The highest BCUT2D eigenvalue weighted by Gasteiger charge is 2.09. The molecule has 0 saturated carbocycles. The second-order valence-electron chi connectivity index (χ2n) is 13.9. The number of carbonyl (C=O) groups is 2. The van der Waals surface area contributed by atoms with Crippen molar-refractivity contribution in [1.82, 2.24) is 0 Å². The Morgan fingerprint density at radius 1 is 0.432 bits per heavy atom. The van der Waals surface area contributed by atoms with Crippen LogP contribution >= 0.6 is 0 Å². The topological polar surface area (TPSA) is 63.6 Å². The number of hydrogen-bond acceptors (Lipinski definition) is 3. The van der Waals surface area contributed by atoms with E-state index in [1.807, 2.05) is 6.92 Å². The molecule has 0 aliphatic rings. The summed E-state index contributed by atoms with van der Waals surface area (Å²) in [5.74, 6) is -0.674. The van der Waals surface area contributed by atoms with Crippen LogP contribution < -0.4 is 0 Å². The van der Waals surface area contributed by atoms with Crippen molar-refractivity contribution in [2.45, 2.75) is 245 Å². The zero-order chi connectivity index (χ0) is 32.2.